The number of nitrogens with one attached hydrogen (secondary N) is 1. The van der Waals surface area contributed by atoms with E-state index in [1.165, 1.54) is 31.0 Å². The first-order valence-corrected chi connectivity index (χ1v) is 9.27. The molecule has 0 aliphatic heterocycles. The Hall–Kier alpha value is -2.28. The van der Waals surface area contributed by atoms with E-state index in [1.807, 2.05) is 11.8 Å². The number of hydrogen-bond donors (Lipinski definition) is 1. The Morgan fingerprint density at radius 3 is 2.80 bits per heavy atom. The third-order valence-electron chi connectivity index (χ3n) is 4.02. The molecule has 1 saturated carbocycles. The Kier molecular flexibility index (Phi) is 5.43. The number of amides is 2. The van der Waals surface area contributed by atoms with Gasteiger partial charge in [0.05, 0.1) is 5.56 Å². The van der Waals surface area contributed by atoms with Crippen LogP contribution in [0, 0.1) is 11.7 Å². The van der Waals surface area contributed by atoms with Crippen LogP contribution in [0.1, 0.15) is 47.0 Å². The van der Waals surface area contributed by atoms with Crippen LogP contribution in [0.2, 0.25) is 0 Å². The predicted molar refractivity (Wildman–Crippen MR) is 95.4 cm³/mol. The molecular formula is C18H20FN3O2S. The van der Waals surface area contributed by atoms with Crippen molar-refractivity contribution < 1.29 is 14.0 Å². The van der Waals surface area contributed by atoms with Crippen LogP contribution >= 0.6 is 11.3 Å². The maximum atomic E-state index is 13.7. The van der Waals surface area contributed by atoms with Gasteiger partial charge in [-0.25, -0.2) is 9.37 Å². The fraction of sp³-hybridized carbons (Fsp3) is 0.389. The van der Waals surface area contributed by atoms with Crippen molar-refractivity contribution >= 4 is 28.3 Å². The van der Waals surface area contributed by atoms with E-state index in [1.54, 1.807) is 11.4 Å². The van der Waals surface area contributed by atoms with Crippen molar-refractivity contribution in [3.8, 4) is 0 Å². The maximum Gasteiger partial charge on any atom is 0.273 e. The fourth-order valence-electron chi connectivity index (χ4n) is 2.56. The molecule has 0 saturated heterocycles. The Balaban J connectivity index is 1.67. The summed E-state index contributed by atoms with van der Waals surface area (Å²) in [6.45, 7) is 3.50. The van der Waals surface area contributed by atoms with Crippen LogP contribution in [0.15, 0.2) is 29.6 Å². The fourth-order valence-corrected chi connectivity index (χ4v) is 3.24. The van der Waals surface area contributed by atoms with Crippen molar-refractivity contribution in [2.24, 2.45) is 5.92 Å². The van der Waals surface area contributed by atoms with Gasteiger partial charge in [0.15, 0.2) is 5.13 Å². The van der Waals surface area contributed by atoms with Gasteiger partial charge in [0, 0.05) is 18.5 Å². The zero-order chi connectivity index (χ0) is 17.8. The standard InChI is InChI=1S/C18H20FN3O2S/c1-2-9-22(10-12-7-8-12)17(24)15-11-25-18(20-15)21-16(23)13-5-3-4-6-14(13)19/h3-6,11-12H,2,7-10H2,1H3,(H,20,21,23). The Morgan fingerprint density at radius 1 is 1.36 bits per heavy atom. The zero-order valence-electron chi connectivity index (χ0n) is 14.0. The summed E-state index contributed by atoms with van der Waals surface area (Å²) in [5.41, 5.74) is 0.273. The van der Waals surface area contributed by atoms with Gasteiger partial charge in [-0.2, -0.15) is 0 Å². The maximum absolute atomic E-state index is 13.7. The molecule has 1 fully saturated rings. The van der Waals surface area contributed by atoms with E-state index < -0.39 is 11.7 Å². The monoisotopic (exact) mass is 361 g/mol. The topological polar surface area (TPSA) is 62.3 Å². The number of benzene rings is 1. The minimum absolute atomic E-state index is 0.0491. The van der Waals surface area contributed by atoms with Gasteiger partial charge < -0.3 is 4.90 Å². The van der Waals surface area contributed by atoms with Gasteiger partial charge in [-0.3, -0.25) is 14.9 Å². The molecule has 2 amide bonds. The highest BCUT2D eigenvalue weighted by molar-refractivity contribution is 7.14. The van der Waals surface area contributed by atoms with Crippen molar-refractivity contribution in [2.45, 2.75) is 26.2 Å². The number of aromatic nitrogens is 1. The summed E-state index contributed by atoms with van der Waals surface area (Å²) in [5, 5.41) is 4.48. The second kappa shape index (κ2) is 7.74. The van der Waals surface area contributed by atoms with Crippen LogP contribution in [0.5, 0.6) is 0 Å². The lowest BCUT2D eigenvalue weighted by molar-refractivity contribution is 0.0742. The normalized spacial score (nSPS) is 13.5. The van der Waals surface area contributed by atoms with E-state index >= 15 is 0 Å². The third kappa shape index (κ3) is 4.42. The Bertz CT molecular complexity index is 773. The minimum Gasteiger partial charge on any atom is -0.337 e. The van der Waals surface area contributed by atoms with Crippen molar-refractivity contribution in [3.05, 3.63) is 46.7 Å². The average molecular weight is 361 g/mol. The van der Waals surface area contributed by atoms with Crippen LogP contribution in [0.3, 0.4) is 0 Å². The molecule has 0 bridgehead atoms. The van der Waals surface area contributed by atoms with Crippen molar-refractivity contribution in [3.63, 3.8) is 0 Å². The summed E-state index contributed by atoms with van der Waals surface area (Å²) in [7, 11) is 0. The smallest absolute Gasteiger partial charge is 0.273 e. The van der Waals surface area contributed by atoms with Crippen molar-refractivity contribution in [1.82, 2.24) is 9.88 Å². The number of rotatable bonds is 7. The molecule has 7 heteroatoms. The van der Waals surface area contributed by atoms with Crippen LogP contribution in [-0.4, -0.2) is 34.8 Å². The number of nitrogens with zero attached hydrogens (tertiary/aromatic N) is 2. The highest BCUT2D eigenvalue weighted by atomic mass is 32.1. The third-order valence-corrected chi connectivity index (χ3v) is 4.78. The summed E-state index contributed by atoms with van der Waals surface area (Å²) in [4.78, 5) is 30.8. The van der Waals surface area contributed by atoms with Gasteiger partial charge >= 0.3 is 0 Å². The molecule has 3 rings (SSSR count). The van der Waals surface area contributed by atoms with Crippen molar-refractivity contribution in [2.75, 3.05) is 18.4 Å². The lowest BCUT2D eigenvalue weighted by Crippen LogP contribution is -2.33. The lowest BCUT2D eigenvalue weighted by Gasteiger charge is -2.20. The molecule has 2 aromatic rings. The van der Waals surface area contributed by atoms with Crippen molar-refractivity contribution in [1.29, 1.82) is 0 Å². The van der Waals surface area contributed by atoms with Crippen LogP contribution in [0.25, 0.3) is 0 Å². The first kappa shape index (κ1) is 17.5. The van der Waals surface area contributed by atoms with Crippen LogP contribution in [-0.2, 0) is 0 Å². The van der Waals surface area contributed by atoms with Gasteiger partial charge in [-0.05, 0) is 37.3 Å². The Morgan fingerprint density at radius 2 is 2.12 bits per heavy atom. The molecule has 132 valence electrons. The summed E-state index contributed by atoms with van der Waals surface area (Å²) in [6.07, 6.45) is 3.24. The number of thiazole rings is 1. The predicted octanol–water partition coefficient (Wildman–Crippen LogP) is 3.80. The molecule has 1 aromatic carbocycles. The largest absolute Gasteiger partial charge is 0.337 e. The molecule has 1 aliphatic rings. The molecule has 0 radical (unpaired) electrons. The zero-order valence-corrected chi connectivity index (χ0v) is 14.8. The van der Waals surface area contributed by atoms with Crippen LogP contribution < -0.4 is 5.32 Å². The van der Waals surface area contributed by atoms with E-state index in [-0.39, 0.29) is 11.5 Å². The SMILES string of the molecule is CCCN(CC1CC1)C(=O)c1csc(NC(=O)c2ccccc2F)n1. The number of carbonyl (C=O) groups excluding carboxylic acids is 2. The highest BCUT2D eigenvalue weighted by Crippen LogP contribution is 2.30. The summed E-state index contributed by atoms with van der Waals surface area (Å²) < 4.78 is 13.7. The lowest BCUT2D eigenvalue weighted by atomic mass is 10.2. The number of halogens is 1. The average Bonchev–Trinajstić information content (AvgIpc) is 3.30. The van der Waals surface area contributed by atoms with Gasteiger partial charge in [0.25, 0.3) is 11.8 Å². The quantitative estimate of drug-likeness (QED) is 0.816. The number of carbonyl (C=O) groups is 2. The van der Waals surface area contributed by atoms with E-state index in [9.17, 15) is 14.0 Å². The van der Waals surface area contributed by atoms with E-state index in [0.29, 0.717) is 23.3 Å². The van der Waals surface area contributed by atoms with Gasteiger partial charge in [-0.15, -0.1) is 11.3 Å². The molecule has 0 unspecified atom stereocenters. The van der Waals surface area contributed by atoms with Gasteiger partial charge in [-0.1, -0.05) is 19.1 Å². The first-order chi connectivity index (χ1) is 12.1. The first-order valence-electron chi connectivity index (χ1n) is 8.39. The summed E-state index contributed by atoms with van der Waals surface area (Å²) >= 11 is 1.16. The number of anilines is 1. The van der Waals surface area contributed by atoms with Crippen LogP contribution in [0.4, 0.5) is 9.52 Å². The molecule has 0 atom stereocenters. The molecule has 1 heterocycles. The van der Waals surface area contributed by atoms with E-state index in [0.717, 1.165) is 24.3 Å². The molecule has 1 aliphatic carbocycles. The summed E-state index contributed by atoms with van der Waals surface area (Å²) in [6, 6.07) is 5.75. The molecule has 1 N–H and O–H groups in total. The second-order valence-electron chi connectivity index (χ2n) is 6.17. The molecule has 5 nitrogen and oxygen atoms in total. The van der Waals surface area contributed by atoms with E-state index in [4.69, 9.17) is 0 Å². The van der Waals surface area contributed by atoms with E-state index in [2.05, 4.69) is 10.3 Å². The summed E-state index contributed by atoms with van der Waals surface area (Å²) in [5.74, 6) is -0.674. The molecule has 1 aromatic heterocycles. The highest BCUT2D eigenvalue weighted by Gasteiger charge is 2.28. The number of hydrogen-bond acceptors (Lipinski definition) is 4. The minimum atomic E-state index is -0.591. The van der Waals surface area contributed by atoms with Gasteiger partial charge in [0.2, 0.25) is 0 Å². The molecular weight excluding hydrogens is 341 g/mol. The molecule has 0 spiro atoms. The van der Waals surface area contributed by atoms with Gasteiger partial charge in [0.1, 0.15) is 11.5 Å². The Labute approximate surface area is 149 Å². The second-order valence-corrected chi connectivity index (χ2v) is 7.02. The molecule has 25 heavy (non-hydrogen) atoms.